The van der Waals surface area contributed by atoms with Crippen molar-refractivity contribution in [2.45, 2.75) is 40.3 Å². The van der Waals surface area contributed by atoms with Crippen LogP contribution in [0.3, 0.4) is 0 Å². The minimum atomic E-state index is -0.426. The summed E-state index contributed by atoms with van der Waals surface area (Å²) in [5.41, 5.74) is 7.88. The number of hydrogen-bond donors (Lipinski definition) is 1. The number of urea groups is 1. The number of hydrogen-bond acceptors (Lipinski definition) is 5. The molecule has 37 heavy (non-hydrogen) atoms. The lowest BCUT2D eigenvalue weighted by atomic mass is 9.92. The minimum absolute atomic E-state index is 0.167. The van der Waals surface area contributed by atoms with Gasteiger partial charge < -0.3 is 14.6 Å². The largest absolute Gasteiger partial charge is 0.497 e. The number of aromatic nitrogens is 2. The van der Waals surface area contributed by atoms with Crippen LogP contribution in [-0.4, -0.2) is 28.2 Å². The van der Waals surface area contributed by atoms with E-state index in [0.717, 1.165) is 39.3 Å². The molecule has 0 saturated carbocycles. The maximum Gasteiger partial charge on any atom is 0.322 e. The molecule has 1 unspecified atom stereocenters. The summed E-state index contributed by atoms with van der Waals surface area (Å²) in [6.07, 6.45) is 0. The number of methoxy groups -OCH3 is 1. The number of amides is 2. The highest BCUT2D eigenvalue weighted by atomic mass is 16.5. The van der Waals surface area contributed by atoms with E-state index in [1.54, 1.807) is 12.0 Å². The van der Waals surface area contributed by atoms with Gasteiger partial charge >= 0.3 is 6.03 Å². The Labute approximate surface area is 216 Å². The van der Waals surface area contributed by atoms with E-state index in [0.29, 0.717) is 18.3 Å². The lowest BCUT2D eigenvalue weighted by Gasteiger charge is -2.35. The average molecular weight is 495 g/mol. The SMILES string of the molecule is COc1ccc(-c2noc(C3=C(C)N(Cc4ccc(C)cc4)C(=O)NC3c3ccc(C)c(C)c3)n2)cc1. The Bertz CT molecular complexity index is 1470. The summed E-state index contributed by atoms with van der Waals surface area (Å²) in [6, 6.07) is 21.3. The molecule has 7 nitrogen and oxygen atoms in total. The number of nitrogens with zero attached hydrogens (tertiary/aromatic N) is 3. The zero-order valence-electron chi connectivity index (χ0n) is 21.7. The molecule has 0 bridgehead atoms. The van der Waals surface area contributed by atoms with Crippen LogP contribution in [0.15, 0.2) is 77.0 Å². The smallest absolute Gasteiger partial charge is 0.322 e. The second-order valence-electron chi connectivity index (χ2n) is 9.45. The van der Waals surface area contributed by atoms with Crippen LogP contribution in [0.4, 0.5) is 4.79 Å². The van der Waals surface area contributed by atoms with Crippen molar-refractivity contribution in [1.29, 1.82) is 0 Å². The second-order valence-corrected chi connectivity index (χ2v) is 9.45. The van der Waals surface area contributed by atoms with Gasteiger partial charge in [-0.15, -0.1) is 0 Å². The molecular weight excluding hydrogens is 464 g/mol. The predicted molar refractivity (Wildman–Crippen MR) is 143 cm³/mol. The Kier molecular flexibility index (Phi) is 6.53. The van der Waals surface area contributed by atoms with Gasteiger partial charge in [0.25, 0.3) is 5.89 Å². The zero-order chi connectivity index (χ0) is 26.1. The number of aryl methyl sites for hydroxylation is 3. The number of carbonyl (C=O) groups is 1. The van der Waals surface area contributed by atoms with Crippen molar-refractivity contribution < 1.29 is 14.1 Å². The fourth-order valence-electron chi connectivity index (χ4n) is 4.51. The molecule has 4 aromatic rings. The number of benzene rings is 3. The molecule has 0 aliphatic carbocycles. The van der Waals surface area contributed by atoms with E-state index < -0.39 is 6.04 Å². The van der Waals surface area contributed by atoms with Crippen LogP contribution in [0.25, 0.3) is 17.0 Å². The predicted octanol–water partition coefficient (Wildman–Crippen LogP) is 6.37. The van der Waals surface area contributed by atoms with Gasteiger partial charge in [-0.1, -0.05) is 53.2 Å². The van der Waals surface area contributed by atoms with E-state index in [1.165, 1.54) is 11.1 Å². The van der Waals surface area contributed by atoms with Crippen LogP contribution in [0, 0.1) is 20.8 Å². The molecule has 2 heterocycles. The van der Waals surface area contributed by atoms with E-state index in [4.69, 9.17) is 14.2 Å². The molecule has 0 spiro atoms. The molecule has 0 saturated heterocycles. The third-order valence-electron chi connectivity index (χ3n) is 6.93. The molecule has 7 heteroatoms. The van der Waals surface area contributed by atoms with Crippen molar-refractivity contribution in [2.24, 2.45) is 0 Å². The molecule has 5 rings (SSSR count). The number of allylic oxidation sites excluding steroid dienone is 1. The van der Waals surface area contributed by atoms with E-state index >= 15 is 0 Å². The van der Waals surface area contributed by atoms with Crippen molar-refractivity contribution in [3.63, 3.8) is 0 Å². The second kappa shape index (κ2) is 9.93. The van der Waals surface area contributed by atoms with Crippen LogP contribution in [-0.2, 0) is 6.54 Å². The van der Waals surface area contributed by atoms with Gasteiger partial charge in [-0.25, -0.2) is 4.79 Å². The molecule has 0 fully saturated rings. The monoisotopic (exact) mass is 494 g/mol. The van der Waals surface area contributed by atoms with Gasteiger partial charge in [0, 0.05) is 11.3 Å². The number of ether oxygens (including phenoxy) is 1. The Morgan fingerprint density at radius 1 is 0.946 bits per heavy atom. The summed E-state index contributed by atoms with van der Waals surface area (Å²) in [4.78, 5) is 19.9. The first-order valence-corrected chi connectivity index (χ1v) is 12.2. The fraction of sp³-hybridized carbons (Fsp3) is 0.233. The van der Waals surface area contributed by atoms with Crippen molar-refractivity contribution in [3.05, 3.63) is 106 Å². The Hall–Kier alpha value is -4.39. The van der Waals surface area contributed by atoms with Gasteiger partial charge in [0.1, 0.15) is 5.75 Å². The van der Waals surface area contributed by atoms with Crippen LogP contribution in [0.2, 0.25) is 0 Å². The first-order chi connectivity index (χ1) is 17.8. The normalized spacial score (nSPS) is 15.6. The van der Waals surface area contributed by atoms with Gasteiger partial charge in [-0.3, -0.25) is 4.90 Å². The minimum Gasteiger partial charge on any atom is -0.497 e. The third kappa shape index (κ3) is 4.85. The van der Waals surface area contributed by atoms with Gasteiger partial charge in [0.15, 0.2) is 0 Å². The summed E-state index contributed by atoms with van der Waals surface area (Å²) < 4.78 is 11.1. The Morgan fingerprint density at radius 3 is 2.35 bits per heavy atom. The molecular formula is C30H30N4O3. The van der Waals surface area contributed by atoms with Crippen LogP contribution in [0.1, 0.15) is 46.7 Å². The van der Waals surface area contributed by atoms with E-state index in [1.807, 2.05) is 68.4 Å². The summed E-state index contributed by atoms with van der Waals surface area (Å²) in [5, 5.41) is 7.45. The highest BCUT2D eigenvalue weighted by Crippen LogP contribution is 2.38. The van der Waals surface area contributed by atoms with Crippen LogP contribution >= 0.6 is 0 Å². The summed E-state index contributed by atoms with van der Waals surface area (Å²) >= 11 is 0. The number of rotatable bonds is 6. The third-order valence-corrected chi connectivity index (χ3v) is 6.93. The van der Waals surface area contributed by atoms with Crippen LogP contribution < -0.4 is 10.1 Å². The first kappa shape index (κ1) is 24.3. The summed E-state index contributed by atoms with van der Waals surface area (Å²) in [7, 11) is 1.63. The van der Waals surface area contributed by atoms with Crippen LogP contribution in [0.5, 0.6) is 5.75 Å². The average Bonchev–Trinajstić information content (AvgIpc) is 3.38. The molecule has 1 aromatic heterocycles. The van der Waals surface area contributed by atoms with Crippen molar-refractivity contribution in [2.75, 3.05) is 7.11 Å². The maximum atomic E-state index is 13.4. The molecule has 0 radical (unpaired) electrons. The van der Waals surface area contributed by atoms with E-state index in [2.05, 4.69) is 36.5 Å². The molecule has 3 aromatic carbocycles. The summed E-state index contributed by atoms with van der Waals surface area (Å²) in [5.74, 6) is 1.60. The molecule has 1 N–H and O–H groups in total. The quantitative estimate of drug-likeness (QED) is 0.337. The van der Waals surface area contributed by atoms with Gasteiger partial charge in [0.05, 0.1) is 25.3 Å². The number of nitrogens with one attached hydrogen (secondary N) is 1. The summed E-state index contributed by atoms with van der Waals surface area (Å²) in [6.45, 7) is 8.56. The molecule has 1 aliphatic heterocycles. The molecule has 1 aliphatic rings. The van der Waals surface area contributed by atoms with Gasteiger partial charge in [0.2, 0.25) is 5.82 Å². The highest BCUT2D eigenvalue weighted by molar-refractivity contribution is 5.87. The van der Waals surface area contributed by atoms with Crippen molar-refractivity contribution >= 4 is 11.6 Å². The Morgan fingerprint density at radius 2 is 1.68 bits per heavy atom. The Balaban J connectivity index is 1.58. The first-order valence-electron chi connectivity index (χ1n) is 12.2. The van der Waals surface area contributed by atoms with Crippen molar-refractivity contribution in [3.8, 4) is 17.1 Å². The lowest BCUT2D eigenvalue weighted by molar-refractivity contribution is 0.203. The fourth-order valence-corrected chi connectivity index (χ4v) is 4.51. The van der Waals surface area contributed by atoms with Gasteiger partial charge in [-0.2, -0.15) is 4.98 Å². The van der Waals surface area contributed by atoms with E-state index in [-0.39, 0.29) is 6.03 Å². The topological polar surface area (TPSA) is 80.5 Å². The van der Waals surface area contributed by atoms with Crippen molar-refractivity contribution in [1.82, 2.24) is 20.4 Å². The van der Waals surface area contributed by atoms with Gasteiger partial charge in [-0.05, 0) is 74.2 Å². The standard InChI is InChI=1S/C30H30N4O3/c1-18-6-9-22(10-7-18)17-34-21(4)26(27(31-30(34)35)24-11-8-19(2)20(3)16-24)29-32-28(33-37-29)23-12-14-25(36-5)15-13-23/h6-16,27H,17H2,1-5H3,(H,31,35). The molecule has 1 atom stereocenters. The van der Waals surface area contributed by atoms with E-state index in [9.17, 15) is 4.79 Å². The lowest BCUT2D eigenvalue weighted by Crippen LogP contribution is -2.45. The zero-order valence-corrected chi connectivity index (χ0v) is 21.7. The highest BCUT2D eigenvalue weighted by Gasteiger charge is 2.36. The number of carbonyl (C=O) groups excluding carboxylic acids is 1. The molecule has 2 amide bonds. The maximum absolute atomic E-state index is 13.4. The molecule has 188 valence electrons.